The summed E-state index contributed by atoms with van der Waals surface area (Å²) in [5.41, 5.74) is 2.13. The first kappa shape index (κ1) is 19.1. The van der Waals surface area contributed by atoms with Crippen LogP contribution in [-0.4, -0.2) is 54.5 Å². The Hall–Kier alpha value is -3.27. The molecule has 0 amide bonds. The number of anilines is 1. The molecule has 4 rings (SSSR count). The van der Waals surface area contributed by atoms with Crippen LogP contribution < -0.4 is 10.9 Å². The molecule has 0 aromatic carbocycles. The van der Waals surface area contributed by atoms with Gasteiger partial charge in [-0.05, 0) is 38.3 Å². The minimum Gasteiger partial charge on any atom is -0.480 e. The number of aliphatic carboxylic acids is 1. The molecule has 1 unspecified atom stereocenters. The van der Waals surface area contributed by atoms with Crippen LogP contribution in [0.4, 0.5) is 5.95 Å². The van der Waals surface area contributed by atoms with Gasteiger partial charge in [-0.25, -0.2) is 19.3 Å². The van der Waals surface area contributed by atoms with E-state index in [4.69, 9.17) is 4.74 Å². The fourth-order valence-corrected chi connectivity index (χ4v) is 3.36. The second-order valence-electron chi connectivity index (χ2n) is 7.17. The van der Waals surface area contributed by atoms with E-state index in [1.165, 1.54) is 17.8 Å². The lowest BCUT2D eigenvalue weighted by molar-refractivity contribution is -0.140. The number of hydrogen-bond donors (Lipinski definition) is 2. The van der Waals surface area contributed by atoms with Gasteiger partial charge in [-0.2, -0.15) is 5.10 Å². The average Bonchev–Trinajstić information content (AvgIpc) is 3.15. The smallest absolute Gasteiger partial charge is 0.326 e. The van der Waals surface area contributed by atoms with Gasteiger partial charge in [0, 0.05) is 37.2 Å². The molecule has 4 heterocycles. The normalized spacial score (nSPS) is 16.1. The van der Waals surface area contributed by atoms with Gasteiger partial charge in [0.25, 0.3) is 5.56 Å². The van der Waals surface area contributed by atoms with E-state index in [2.05, 4.69) is 20.4 Å². The zero-order valence-electron chi connectivity index (χ0n) is 16.2. The molecule has 0 spiro atoms. The second kappa shape index (κ2) is 7.63. The van der Waals surface area contributed by atoms with Gasteiger partial charge in [0.15, 0.2) is 0 Å². The highest BCUT2D eigenvalue weighted by molar-refractivity contribution is 5.72. The molecule has 1 saturated heterocycles. The first-order valence-electron chi connectivity index (χ1n) is 9.44. The summed E-state index contributed by atoms with van der Waals surface area (Å²) in [6, 6.07) is 0.932. The van der Waals surface area contributed by atoms with Crippen LogP contribution in [0.2, 0.25) is 0 Å². The Morgan fingerprint density at radius 2 is 2.14 bits per heavy atom. The third kappa shape index (κ3) is 3.70. The maximum absolute atomic E-state index is 12.7. The molecule has 0 saturated carbocycles. The van der Waals surface area contributed by atoms with Crippen LogP contribution in [0.5, 0.6) is 0 Å². The van der Waals surface area contributed by atoms with Crippen LogP contribution in [-0.2, 0) is 9.53 Å². The SMILES string of the molecule is Cc1cnc(NC2CCOCC2)nc1-c1cc2c(=O)n(C(C)C(=O)O)cnn2c1. The third-order valence-corrected chi connectivity index (χ3v) is 5.13. The molecule has 1 aliphatic heterocycles. The number of nitrogens with one attached hydrogen (secondary N) is 1. The average molecular weight is 398 g/mol. The molecule has 10 heteroatoms. The highest BCUT2D eigenvalue weighted by Gasteiger charge is 2.19. The summed E-state index contributed by atoms with van der Waals surface area (Å²) in [6.45, 7) is 4.77. The maximum Gasteiger partial charge on any atom is 0.326 e. The molecule has 3 aromatic heterocycles. The highest BCUT2D eigenvalue weighted by atomic mass is 16.5. The van der Waals surface area contributed by atoms with Crippen LogP contribution in [0.1, 0.15) is 31.4 Å². The van der Waals surface area contributed by atoms with Crippen molar-refractivity contribution in [3.8, 4) is 11.3 Å². The quantitative estimate of drug-likeness (QED) is 0.663. The molecular weight excluding hydrogens is 376 g/mol. The fraction of sp³-hybridized carbons (Fsp3) is 0.421. The lowest BCUT2D eigenvalue weighted by atomic mass is 10.1. The molecule has 1 aliphatic rings. The van der Waals surface area contributed by atoms with Gasteiger partial charge in [-0.1, -0.05) is 0 Å². The predicted molar refractivity (Wildman–Crippen MR) is 105 cm³/mol. The Morgan fingerprint density at radius 3 is 2.86 bits per heavy atom. The van der Waals surface area contributed by atoms with Gasteiger partial charge in [0.1, 0.15) is 17.9 Å². The lowest BCUT2D eigenvalue weighted by Crippen LogP contribution is -2.29. The Kier molecular flexibility index (Phi) is 5.01. The molecule has 1 atom stereocenters. The minimum atomic E-state index is -1.10. The standard InChI is InChI=1S/C19H22N6O4/c1-11-8-20-19(22-14-3-5-29-6-4-14)23-16(11)13-7-15-17(26)24(12(2)18(27)28)10-21-25(15)9-13/h7-10,12,14H,3-6H2,1-2H3,(H,27,28)(H,20,22,23). The molecule has 152 valence electrons. The number of rotatable bonds is 5. The fourth-order valence-electron chi connectivity index (χ4n) is 3.36. The van der Waals surface area contributed by atoms with Crippen molar-refractivity contribution in [3.05, 3.63) is 40.7 Å². The van der Waals surface area contributed by atoms with Crippen molar-refractivity contribution in [1.29, 1.82) is 0 Å². The van der Waals surface area contributed by atoms with Crippen molar-refractivity contribution in [3.63, 3.8) is 0 Å². The molecule has 2 N–H and O–H groups in total. The predicted octanol–water partition coefficient (Wildman–Crippen LogP) is 1.50. The first-order chi connectivity index (χ1) is 13.9. The van der Waals surface area contributed by atoms with Crippen molar-refractivity contribution in [2.75, 3.05) is 18.5 Å². The van der Waals surface area contributed by atoms with E-state index in [1.807, 2.05) is 6.92 Å². The molecule has 1 fully saturated rings. The van der Waals surface area contributed by atoms with Crippen LogP contribution >= 0.6 is 0 Å². The Balaban J connectivity index is 1.70. The Morgan fingerprint density at radius 1 is 1.38 bits per heavy atom. The third-order valence-electron chi connectivity index (χ3n) is 5.13. The minimum absolute atomic E-state index is 0.263. The first-order valence-corrected chi connectivity index (χ1v) is 9.44. The Bertz CT molecular complexity index is 1120. The number of carboxylic acid groups (broad SMARTS) is 1. The second-order valence-corrected chi connectivity index (χ2v) is 7.17. The molecule has 10 nitrogen and oxygen atoms in total. The van der Waals surface area contributed by atoms with Crippen LogP contribution in [0.25, 0.3) is 16.8 Å². The monoisotopic (exact) mass is 398 g/mol. The number of nitrogens with zero attached hydrogens (tertiary/aromatic N) is 5. The summed E-state index contributed by atoms with van der Waals surface area (Å²) in [5, 5.41) is 16.7. The van der Waals surface area contributed by atoms with Crippen LogP contribution in [0.15, 0.2) is 29.6 Å². The zero-order chi connectivity index (χ0) is 20.5. The number of carbonyl (C=O) groups is 1. The van der Waals surface area contributed by atoms with E-state index in [1.54, 1.807) is 18.5 Å². The van der Waals surface area contributed by atoms with Crippen molar-refractivity contribution in [1.82, 2.24) is 24.1 Å². The Labute approximate surface area is 166 Å². The maximum atomic E-state index is 12.7. The van der Waals surface area contributed by atoms with Crippen molar-refractivity contribution in [2.24, 2.45) is 0 Å². The number of hydrogen-bond acceptors (Lipinski definition) is 7. The van der Waals surface area contributed by atoms with E-state index in [-0.39, 0.29) is 11.6 Å². The summed E-state index contributed by atoms with van der Waals surface area (Å²) in [6.07, 6.45) is 6.48. The molecule has 0 radical (unpaired) electrons. The summed E-state index contributed by atoms with van der Waals surface area (Å²) in [7, 11) is 0. The van der Waals surface area contributed by atoms with Crippen LogP contribution in [0.3, 0.4) is 0 Å². The van der Waals surface area contributed by atoms with Gasteiger partial charge in [0.2, 0.25) is 5.95 Å². The molecular formula is C19H22N6O4. The van der Waals surface area contributed by atoms with E-state index in [0.29, 0.717) is 30.4 Å². The van der Waals surface area contributed by atoms with Gasteiger partial charge < -0.3 is 15.2 Å². The largest absolute Gasteiger partial charge is 0.480 e. The van der Waals surface area contributed by atoms with Crippen molar-refractivity contribution < 1.29 is 14.6 Å². The van der Waals surface area contributed by atoms with Gasteiger partial charge >= 0.3 is 5.97 Å². The van der Waals surface area contributed by atoms with Crippen molar-refractivity contribution in [2.45, 2.75) is 38.8 Å². The van der Waals surface area contributed by atoms with Gasteiger partial charge in [0.05, 0.1) is 5.69 Å². The summed E-state index contributed by atoms with van der Waals surface area (Å²) >= 11 is 0. The number of aryl methyl sites for hydroxylation is 1. The van der Waals surface area contributed by atoms with E-state index < -0.39 is 17.6 Å². The molecule has 29 heavy (non-hydrogen) atoms. The van der Waals surface area contributed by atoms with E-state index >= 15 is 0 Å². The van der Waals surface area contributed by atoms with Gasteiger partial charge in [-0.3, -0.25) is 9.36 Å². The molecule has 0 aliphatic carbocycles. The van der Waals surface area contributed by atoms with Crippen LogP contribution in [0, 0.1) is 6.92 Å². The van der Waals surface area contributed by atoms with E-state index in [0.717, 1.165) is 23.0 Å². The van der Waals surface area contributed by atoms with Crippen molar-refractivity contribution >= 4 is 17.4 Å². The van der Waals surface area contributed by atoms with Gasteiger partial charge in [-0.15, -0.1) is 0 Å². The molecule has 3 aromatic rings. The summed E-state index contributed by atoms with van der Waals surface area (Å²) < 4.78 is 7.92. The molecule has 0 bridgehead atoms. The topological polar surface area (TPSA) is 124 Å². The number of aromatic nitrogens is 5. The lowest BCUT2D eigenvalue weighted by Gasteiger charge is -2.23. The number of ether oxygens (including phenoxy) is 1. The number of fused-ring (bicyclic) bond motifs is 1. The van der Waals surface area contributed by atoms with E-state index in [9.17, 15) is 14.7 Å². The number of carboxylic acids is 1. The highest BCUT2D eigenvalue weighted by Crippen LogP contribution is 2.24. The zero-order valence-corrected chi connectivity index (χ0v) is 16.2. The summed E-state index contributed by atoms with van der Waals surface area (Å²) in [5.74, 6) is -0.571. The summed E-state index contributed by atoms with van der Waals surface area (Å²) in [4.78, 5) is 33.0.